The first-order chi connectivity index (χ1) is 10.6. The molecule has 1 rings (SSSR count). The largest absolute Gasteiger partial charge is 0.480 e. The topological polar surface area (TPSA) is 88.5 Å². The zero-order chi connectivity index (χ0) is 17.6. The number of aliphatic carboxylic acids is 1. The van der Waals surface area contributed by atoms with Gasteiger partial charge in [0, 0.05) is 12.3 Å². The highest BCUT2D eigenvalue weighted by Gasteiger charge is 2.29. The summed E-state index contributed by atoms with van der Waals surface area (Å²) in [7, 11) is 0. The summed E-state index contributed by atoms with van der Waals surface area (Å²) in [6, 6.07) is 1.26. The molecular weight excluding hydrogens is 317 g/mol. The highest BCUT2D eigenvalue weighted by Crippen LogP contribution is 2.17. The highest BCUT2D eigenvalue weighted by atomic mass is 19.4. The van der Waals surface area contributed by atoms with Gasteiger partial charge in [-0.15, -0.1) is 0 Å². The lowest BCUT2D eigenvalue weighted by atomic mass is 9.99. The lowest BCUT2D eigenvalue weighted by molar-refractivity contribution is -0.154. The number of ether oxygens (including phenoxy) is 1. The van der Waals surface area contributed by atoms with Gasteiger partial charge < -0.3 is 15.2 Å². The van der Waals surface area contributed by atoms with Crippen molar-refractivity contribution in [1.29, 1.82) is 0 Å². The summed E-state index contributed by atoms with van der Waals surface area (Å²) < 4.78 is 40.4. The summed E-state index contributed by atoms with van der Waals surface area (Å²) in [4.78, 5) is 26.7. The number of hydrogen-bond acceptors (Lipinski definition) is 4. The number of hydrogen-bond donors (Lipinski definition) is 2. The van der Waals surface area contributed by atoms with E-state index in [2.05, 4.69) is 15.0 Å². The Kier molecular flexibility index (Phi) is 6.35. The summed E-state index contributed by atoms with van der Waals surface area (Å²) in [6.45, 7) is 1.99. The van der Waals surface area contributed by atoms with E-state index in [4.69, 9.17) is 5.11 Å². The van der Waals surface area contributed by atoms with Crippen LogP contribution in [0.3, 0.4) is 0 Å². The molecule has 9 heteroatoms. The van der Waals surface area contributed by atoms with Crippen LogP contribution in [0.15, 0.2) is 18.3 Å². The number of nitrogens with one attached hydrogen (secondary N) is 1. The fourth-order valence-corrected chi connectivity index (χ4v) is 1.66. The number of carbonyl (C=O) groups excluding carboxylic acids is 1. The molecule has 0 spiro atoms. The lowest BCUT2D eigenvalue weighted by Gasteiger charge is -2.20. The molecule has 6 nitrogen and oxygen atoms in total. The molecule has 0 bridgehead atoms. The normalized spacial score (nSPS) is 14.0. The van der Waals surface area contributed by atoms with Crippen molar-refractivity contribution in [2.24, 2.45) is 5.92 Å². The average molecular weight is 334 g/mol. The Morgan fingerprint density at radius 3 is 2.48 bits per heavy atom. The van der Waals surface area contributed by atoms with E-state index in [0.717, 1.165) is 12.3 Å². The molecular formula is C14H17F3N2O4. The van der Waals surface area contributed by atoms with Crippen LogP contribution >= 0.6 is 0 Å². The molecule has 0 aromatic carbocycles. The molecule has 1 heterocycles. The van der Waals surface area contributed by atoms with Crippen LogP contribution in [0.4, 0.5) is 13.2 Å². The standard InChI is InChI=1S/C14H17F3N2O4/c1-3-8(2)11(13(21)22)19-12(20)9-4-5-10(18-6-9)23-7-14(15,16)17/h4-6,8,11H,3,7H2,1-2H3,(H,19,20)(H,21,22). The molecule has 0 fully saturated rings. The Bertz CT molecular complexity index is 546. The van der Waals surface area contributed by atoms with Gasteiger partial charge in [0.05, 0.1) is 5.56 Å². The van der Waals surface area contributed by atoms with Crippen LogP contribution in [0, 0.1) is 5.92 Å². The van der Waals surface area contributed by atoms with Crippen LogP contribution in [0.1, 0.15) is 30.6 Å². The molecule has 1 aromatic rings. The number of aromatic nitrogens is 1. The van der Waals surface area contributed by atoms with Crippen molar-refractivity contribution in [3.8, 4) is 5.88 Å². The van der Waals surface area contributed by atoms with E-state index in [9.17, 15) is 22.8 Å². The summed E-state index contributed by atoms with van der Waals surface area (Å²) in [5.74, 6) is -2.40. The maximum Gasteiger partial charge on any atom is 0.422 e. The molecule has 0 radical (unpaired) electrons. The van der Waals surface area contributed by atoms with E-state index in [1.54, 1.807) is 13.8 Å². The number of rotatable bonds is 7. The van der Waals surface area contributed by atoms with Crippen LogP contribution in [-0.4, -0.2) is 40.8 Å². The van der Waals surface area contributed by atoms with Gasteiger partial charge >= 0.3 is 12.1 Å². The van der Waals surface area contributed by atoms with E-state index in [1.165, 1.54) is 6.07 Å². The molecule has 23 heavy (non-hydrogen) atoms. The van der Waals surface area contributed by atoms with Gasteiger partial charge in [-0.25, -0.2) is 9.78 Å². The van der Waals surface area contributed by atoms with Crippen molar-refractivity contribution in [3.05, 3.63) is 23.9 Å². The van der Waals surface area contributed by atoms with Crippen LogP contribution in [0.2, 0.25) is 0 Å². The van der Waals surface area contributed by atoms with Gasteiger partial charge in [0.15, 0.2) is 6.61 Å². The van der Waals surface area contributed by atoms with Crippen molar-refractivity contribution in [1.82, 2.24) is 10.3 Å². The lowest BCUT2D eigenvalue weighted by Crippen LogP contribution is -2.45. The van der Waals surface area contributed by atoms with Crippen LogP contribution in [-0.2, 0) is 4.79 Å². The second-order valence-electron chi connectivity index (χ2n) is 4.96. The maximum atomic E-state index is 12.0. The summed E-state index contributed by atoms with van der Waals surface area (Å²) >= 11 is 0. The predicted molar refractivity (Wildman–Crippen MR) is 74.1 cm³/mol. The fourth-order valence-electron chi connectivity index (χ4n) is 1.66. The Hall–Kier alpha value is -2.32. The quantitative estimate of drug-likeness (QED) is 0.798. The highest BCUT2D eigenvalue weighted by molar-refractivity contribution is 5.96. The van der Waals surface area contributed by atoms with Crippen LogP contribution in [0.25, 0.3) is 0 Å². The number of nitrogens with zero attached hydrogens (tertiary/aromatic N) is 1. The Morgan fingerprint density at radius 2 is 2.04 bits per heavy atom. The molecule has 0 aliphatic carbocycles. The zero-order valence-electron chi connectivity index (χ0n) is 12.6. The first kappa shape index (κ1) is 18.7. The first-order valence-corrected chi connectivity index (χ1v) is 6.83. The smallest absolute Gasteiger partial charge is 0.422 e. The number of carbonyl (C=O) groups is 2. The van der Waals surface area contributed by atoms with E-state index in [0.29, 0.717) is 6.42 Å². The zero-order valence-corrected chi connectivity index (χ0v) is 12.6. The van der Waals surface area contributed by atoms with E-state index >= 15 is 0 Å². The summed E-state index contributed by atoms with van der Waals surface area (Å²) in [5, 5.41) is 11.5. The number of pyridine rings is 1. The predicted octanol–water partition coefficient (Wildman–Crippen LogP) is 2.25. The van der Waals surface area contributed by atoms with Crippen LogP contribution in [0.5, 0.6) is 5.88 Å². The maximum absolute atomic E-state index is 12.0. The van der Waals surface area contributed by atoms with Crippen LogP contribution < -0.4 is 10.1 Å². The minimum Gasteiger partial charge on any atom is -0.480 e. The third-order valence-electron chi connectivity index (χ3n) is 3.15. The van der Waals surface area contributed by atoms with Gasteiger partial charge in [-0.2, -0.15) is 13.2 Å². The molecule has 1 amide bonds. The van der Waals surface area contributed by atoms with Gasteiger partial charge in [0.25, 0.3) is 5.91 Å². The SMILES string of the molecule is CCC(C)C(NC(=O)c1ccc(OCC(F)(F)F)nc1)C(=O)O. The van der Waals surface area contributed by atoms with Crippen molar-refractivity contribution < 1.29 is 32.6 Å². The van der Waals surface area contributed by atoms with Gasteiger partial charge in [-0.05, 0) is 12.0 Å². The summed E-state index contributed by atoms with van der Waals surface area (Å²) in [6.07, 6.45) is -2.90. The molecule has 2 atom stereocenters. The first-order valence-electron chi connectivity index (χ1n) is 6.83. The molecule has 1 aromatic heterocycles. The monoisotopic (exact) mass is 334 g/mol. The van der Waals surface area contributed by atoms with E-state index < -0.39 is 30.7 Å². The van der Waals surface area contributed by atoms with Gasteiger partial charge in [0.1, 0.15) is 6.04 Å². The molecule has 2 N–H and O–H groups in total. The average Bonchev–Trinajstić information content (AvgIpc) is 2.49. The molecule has 0 aliphatic rings. The number of halogens is 3. The molecule has 0 saturated carbocycles. The second kappa shape index (κ2) is 7.80. The van der Waals surface area contributed by atoms with E-state index in [-0.39, 0.29) is 17.4 Å². The number of amides is 1. The Labute approximate surface area is 130 Å². The van der Waals surface area contributed by atoms with Gasteiger partial charge in [-0.1, -0.05) is 20.3 Å². The number of carboxylic acids is 1. The van der Waals surface area contributed by atoms with Crippen molar-refractivity contribution in [2.45, 2.75) is 32.5 Å². The Balaban J connectivity index is 2.71. The second-order valence-corrected chi connectivity index (χ2v) is 4.96. The van der Waals surface area contributed by atoms with Gasteiger partial charge in [-0.3, -0.25) is 4.79 Å². The minimum atomic E-state index is -4.48. The molecule has 2 unspecified atom stereocenters. The van der Waals surface area contributed by atoms with E-state index in [1.807, 2.05) is 0 Å². The molecule has 0 aliphatic heterocycles. The minimum absolute atomic E-state index is 0.0268. The number of carboxylic acid groups (broad SMARTS) is 1. The van der Waals surface area contributed by atoms with Crippen molar-refractivity contribution in [2.75, 3.05) is 6.61 Å². The third-order valence-corrected chi connectivity index (χ3v) is 3.15. The molecule has 0 saturated heterocycles. The summed E-state index contributed by atoms with van der Waals surface area (Å²) in [5.41, 5.74) is 0.0268. The fraction of sp³-hybridized carbons (Fsp3) is 0.500. The van der Waals surface area contributed by atoms with Crippen molar-refractivity contribution >= 4 is 11.9 Å². The number of alkyl halides is 3. The molecule has 128 valence electrons. The van der Waals surface area contributed by atoms with Gasteiger partial charge in [0.2, 0.25) is 5.88 Å². The third kappa shape index (κ3) is 6.13. The van der Waals surface area contributed by atoms with Crippen molar-refractivity contribution in [3.63, 3.8) is 0 Å². The Morgan fingerprint density at radius 1 is 1.39 bits per heavy atom.